The van der Waals surface area contributed by atoms with Crippen molar-refractivity contribution in [3.63, 3.8) is 0 Å². The van der Waals surface area contributed by atoms with Crippen molar-refractivity contribution < 1.29 is 9.63 Å². The number of piperidine rings is 2. The molecule has 6 nitrogen and oxygen atoms in total. The summed E-state index contributed by atoms with van der Waals surface area (Å²) in [6.07, 6.45) is 3.82. The van der Waals surface area contributed by atoms with E-state index in [0.29, 0.717) is 12.6 Å². The standard InChI is InChI=1S/C18H29N4O2P/c23-18(20-15-8-10-22(25)11-9-15)17-7-6-16(12-19-17)21-24-13-14-4-2-1-3-5-14/h1-5,15-17,19,21H,6-13,25H2,(H,20,23)/t16-,17+/m1/s1. The lowest BCUT2D eigenvalue weighted by atomic mass is 9.99. The van der Waals surface area contributed by atoms with Gasteiger partial charge in [0.25, 0.3) is 0 Å². The molecular formula is C18H29N4O2P. The Morgan fingerprint density at radius 1 is 1.16 bits per heavy atom. The molecule has 0 bridgehead atoms. The molecule has 3 rings (SSSR count). The third-order valence-electron chi connectivity index (χ3n) is 4.94. The zero-order valence-electron chi connectivity index (χ0n) is 14.6. The predicted octanol–water partition coefficient (Wildman–Crippen LogP) is 1.20. The van der Waals surface area contributed by atoms with E-state index < -0.39 is 0 Å². The van der Waals surface area contributed by atoms with Gasteiger partial charge in [-0.3, -0.25) is 14.3 Å². The second kappa shape index (κ2) is 9.60. The van der Waals surface area contributed by atoms with Gasteiger partial charge >= 0.3 is 0 Å². The van der Waals surface area contributed by atoms with Gasteiger partial charge in [-0.15, -0.1) is 0 Å². The minimum atomic E-state index is -0.0822. The molecule has 1 aromatic carbocycles. The van der Waals surface area contributed by atoms with E-state index in [-0.39, 0.29) is 18.0 Å². The highest BCUT2D eigenvalue weighted by Gasteiger charge is 2.28. The van der Waals surface area contributed by atoms with E-state index >= 15 is 0 Å². The quantitative estimate of drug-likeness (QED) is 0.523. The molecule has 7 heteroatoms. The molecule has 138 valence electrons. The highest BCUT2D eigenvalue weighted by atomic mass is 31.0. The first kappa shape index (κ1) is 18.7. The van der Waals surface area contributed by atoms with Gasteiger partial charge in [-0.2, -0.15) is 5.48 Å². The number of nitrogens with one attached hydrogen (secondary N) is 3. The number of hydroxylamine groups is 1. The number of carbonyl (C=O) groups excluding carboxylic acids is 1. The molecule has 0 aliphatic carbocycles. The summed E-state index contributed by atoms with van der Waals surface area (Å²) in [7, 11) is 2.74. The molecule has 25 heavy (non-hydrogen) atoms. The third-order valence-corrected chi connectivity index (χ3v) is 5.45. The van der Waals surface area contributed by atoms with E-state index in [1.807, 2.05) is 30.3 Å². The summed E-state index contributed by atoms with van der Waals surface area (Å²) in [5.41, 5.74) is 4.26. The van der Waals surface area contributed by atoms with Gasteiger partial charge in [-0.1, -0.05) is 39.7 Å². The van der Waals surface area contributed by atoms with Crippen molar-refractivity contribution in [2.75, 3.05) is 19.6 Å². The van der Waals surface area contributed by atoms with Crippen molar-refractivity contribution in [2.24, 2.45) is 0 Å². The van der Waals surface area contributed by atoms with Crippen LogP contribution in [0.5, 0.6) is 0 Å². The summed E-state index contributed by atoms with van der Waals surface area (Å²) >= 11 is 0. The molecule has 0 saturated carbocycles. The van der Waals surface area contributed by atoms with Crippen LogP contribution in [0.1, 0.15) is 31.2 Å². The van der Waals surface area contributed by atoms with Crippen LogP contribution in [0.15, 0.2) is 30.3 Å². The van der Waals surface area contributed by atoms with Crippen molar-refractivity contribution in [2.45, 2.75) is 50.4 Å². The fraction of sp³-hybridized carbons (Fsp3) is 0.611. The monoisotopic (exact) mass is 364 g/mol. The molecule has 0 spiro atoms. The van der Waals surface area contributed by atoms with Crippen LogP contribution in [0.4, 0.5) is 0 Å². The maximum Gasteiger partial charge on any atom is 0.237 e. The predicted molar refractivity (Wildman–Crippen MR) is 102 cm³/mol. The molecule has 0 aromatic heterocycles. The van der Waals surface area contributed by atoms with E-state index in [0.717, 1.165) is 50.9 Å². The highest BCUT2D eigenvalue weighted by molar-refractivity contribution is 7.13. The van der Waals surface area contributed by atoms with Crippen molar-refractivity contribution in [1.29, 1.82) is 0 Å². The van der Waals surface area contributed by atoms with Crippen LogP contribution in [0, 0.1) is 0 Å². The lowest BCUT2D eigenvalue weighted by Gasteiger charge is -2.33. The zero-order chi connectivity index (χ0) is 17.5. The Morgan fingerprint density at radius 3 is 2.60 bits per heavy atom. The Bertz CT molecular complexity index is 529. The Kier molecular flexibility index (Phi) is 7.20. The Hall–Kier alpha value is -1.04. The number of carbonyl (C=O) groups is 1. The van der Waals surface area contributed by atoms with Crippen molar-refractivity contribution in [3.05, 3.63) is 35.9 Å². The molecule has 1 unspecified atom stereocenters. The summed E-state index contributed by atoms with van der Waals surface area (Å²) in [6, 6.07) is 10.6. The number of benzene rings is 1. The second-order valence-electron chi connectivity index (χ2n) is 6.95. The molecular weight excluding hydrogens is 335 g/mol. The number of nitrogens with zero attached hydrogens (tertiary/aromatic N) is 1. The second-order valence-corrected chi connectivity index (χ2v) is 7.68. The van der Waals surface area contributed by atoms with E-state index in [4.69, 9.17) is 4.84 Å². The van der Waals surface area contributed by atoms with Crippen LogP contribution in [0.3, 0.4) is 0 Å². The lowest BCUT2D eigenvalue weighted by molar-refractivity contribution is -0.125. The van der Waals surface area contributed by atoms with Gasteiger partial charge < -0.3 is 10.6 Å². The van der Waals surface area contributed by atoms with Gasteiger partial charge in [-0.25, -0.2) is 0 Å². The first-order valence-electron chi connectivity index (χ1n) is 9.15. The zero-order valence-corrected chi connectivity index (χ0v) is 15.8. The van der Waals surface area contributed by atoms with Crippen LogP contribution >= 0.6 is 9.39 Å². The lowest BCUT2D eigenvalue weighted by Crippen LogP contribution is -2.55. The van der Waals surface area contributed by atoms with Gasteiger partial charge in [0.1, 0.15) is 0 Å². The molecule has 3 N–H and O–H groups in total. The minimum absolute atomic E-state index is 0.0822. The molecule has 2 fully saturated rings. The number of hydrogen-bond donors (Lipinski definition) is 3. The van der Waals surface area contributed by atoms with Crippen LogP contribution in [-0.4, -0.2) is 48.3 Å². The fourth-order valence-electron chi connectivity index (χ4n) is 3.34. The molecule has 2 heterocycles. The Labute approximate surface area is 152 Å². The number of hydrogen-bond acceptors (Lipinski definition) is 5. The molecule has 1 amide bonds. The highest BCUT2D eigenvalue weighted by Crippen LogP contribution is 2.15. The number of rotatable bonds is 6. The normalized spacial score (nSPS) is 25.6. The molecule has 2 saturated heterocycles. The molecule has 1 aromatic rings. The molecule has 3 atom stereocenters. The molecule has 0 radical (unpaired) electrons. The average Bonchev–Trinajstić information content (AvgIpc) is 2.65. The fourth-order valence-corrected chi connectivity index (χ4v) is 3.64. The summed E-state index contributed by atoms with van der Waals surface area (Å²) < 4.78 is 2.23. The van der Waals surface area contributed by atoms with E-state index in [2.05, 4.69) is 30.2 Å². The topological polar surface area (TPSA) is 65.6 Å². The minimum Gasteiger partial charge on any atom is -0.352 e. The van der Waals surface area contributed by atoms with Gasteiger partial charge in [0.05, 0.1) is 12.6 Å². The van der Waals surface area contributed by atoms with Gasteiger partial charge in [0.15, 0.2) is 0 Å². The van der Waals surface area contributed by atoms with Crippen molar-refractivity contribution in [3.8, 4) is 0 Å². The summed E-state index contributed by atoms with van der Waals surface area (Å²) in [4.78, 5) is 18.0. The summed E-state index contributed by atoms with van der Waals surface area (Å²) in [5, 5.41) is 6.55. The SMILES string of the molecule is O=C(NC1CCN(P)CC1)[C@@H]1CC[C@@H](NOCc2ccccc2)CN1. The first-order valence-corrected chi connectivity index (χ1v) is 9.67. The molecule has 2 aliphatic rings. The van der Waals surface area contributed by atoms with Crippen LogP contribution in [0.2, 0.25) is 0 Å². The third kappa shape index (κ3) is 6.01. The van der Waals surface area contributed by atoms with Gasteiger partial charge in [0, 0.05) is 31.7 Å². The number of amides is 1. The maximum atomic E-state index is 12.4. The largest absolute Gasteiger partial charge is 0.352 e. The van der Waals surface area contributed by atoms with Crippen LogP contribution < -0.4 is 16.1 Å². The van der Waals surface area contributed by atoms with Crippen molar-refractivity contribution in [1.82, 2.24) is 20.8 Å². The first-order chi connectivity index (χ1) is 12.2. The van der Waals surface area contributed by atoms with E-state index in [1.54, 1.807) is 0 Å². The van der Waals surface area contributed by atoms with E-state index in [1.165, 1.54) is 0 Å². The smallest absolute Gasteiger partial charge is 0.237 e. The van der Waals surface area contributed by atoms with Crippen molar-refractivity contribution >= 4 is 15.3 Å². The Morgan fingerprint density at radius 2 is 1.92 bits per heavy atom. The Balaban J connectivity index is 1.32. The summed E-state index contributed by atoms with van der Waals surface area (Å²) in [5.74, 6) is 0.144. The van der Waals surface area contributed by atoms with E-state index in [9.17, 15) is 4.79 Å². The maximum absolute atomic E-state index is 12.4. The van der Waals surface area contributed by atoms with Gasteiger partial charge in [0.2, 0.25) is 5.91 Å². The summed E-state index contributed by atoms with van der Waals surface area (Å²) in [6.45, 7) is 3.35. The van der Waals surface area contributed by atoms with Gasteiger partial charge in [-0.05, 0) is 31.2 Å². The average molecular weight is 364 g/mol. The van der Waals surface area contributed by atoms with Crippen LogP contribution in [-0.2, 0) is 16.2 Å². The van der Waals surface area contributed by atoms with Crippen LogP contribution in [0.25, 0.3) is 0 Å². The molecule has 2 aliphatic heterocycles.